The molecule has 0 fully saturated rings. The van der Waals surface area contributed by atoms with Gasteiger partial charge in [-0.15, -0.1) is 0 Å². The molecule has 0 saturated carbocycles. The van der Waals surface area contributed by atoms with Crippen molar-refractivity contribution in [2.45, 2.75) is 20.5 Å². The highest BCUT2D eigenvalue weighted by atomic mass is 16.5. The van der Waals surface area contributed by atoms with Crippen molar-refractivity contribution in [3.8, 4) is 5.75 Å². The van der Waals surface area contributed by atoms with Crippen LogP contribution in [-0.4, -0.2) is 28.8 Å². The maximum atomic E-state index is 12.3. The zero-order valence-corrected chi connectivity index (χ0v) is 13.6. The highest BCUT2D eigenvalue weighted by molar-refractivity contribution is 6.45. The summed E-state index contributed by atoms with van der Waals surface area (Å²) in [7, 11) is 0. The van der Waals surface area contributed by atoms with Gasteiger partial charge in [0.15, 0.2) is 0 Å². The Morgan fingerprint density at radius 1 is 1.38 bits per heavy atom. The van der Waals surface area contributed by atoms with Crippen LogP contribution in [0.2, 0.25) is 0 Å². The van der Waals surface area contributed by atoms with Crippen LogP contribution < -0.4 is 15.8 Å². The van der Waals surface area contributed by atoms with Crippen LogP contribution >= 0.6 is 0 Å². The topological polar surface area (TPSA) is 103 Å². The van der Waals surface area contributed by atoms with Crippen molar-refractivity contribution >= 4 is 28.5 Å². The van der Waals surface area contributed by atoms with Crippen molar-refractivity contribution in [1.82, 2.24) is 9.88 Å². The maximum absolute atomic E-state index is 12.3. The van der Waals surface area contributed by atoms with Gasteiger partial charge in [-0.1, -0.05) is 12.6 Å². The Bertz CT molecular complexity index is 836. The lowest BCUT2D eigenvalue weighted by atomic mass is 10.1. The third-order valence-electron chi connectivity index (χ3n) is 3.66. The number of ether oxygens (including phenoxy) is 1. The molecule has 0 aliphatic heterocycles. The van der Waals surface area contributed by atoms with E-state index in [-0.39, 0.29) is 18.1 Å². The summed E-state index contributed by atoms with van der Waals surface area (Å²) in [5.41, 5.74) is 6.55. The molecule has 0 aliphatic carbocycles. The van der Waals surface area contributed by atoms with Gasteiger partial charge in [0.1, 0.15) is 5.75 Å². The second-order valence-electron chi connectivity index (χ2n) is 5.07. The third kappa shape index (κ3) is 3.01. The number of hydrogen-bond acceptors (Lipinski definition) is 4. The Morgan fingerprint density at radius 3 is 2.67 bits per heavy atom. The second-order valence-corrected chi connectivity index (χ2v) is 5.07. The lowest BCUT2D eigenvalue weighted by Crippen LogP contribution is -2.26. The summed E-state index contributed by atoms with van der Waals surface area (Å²) in [6.07, 6.45) is 1.15. The SMILES string of the molecule is C=CC(=O)NCn1c(C)c(C(=O)C(N)=O)c2c(OCC)cccc21. The van der Waals surface area contributed by atoms with Gasteiger partial charge in [-0.2, -0.15) is 0 Å². The van der Waals surface area contributed by atoms with E-state index in [0.29, 0.717) is 29.0 Å². The summed E-state index contributed by atoms with van der Waals surface area (Å²) in [4.78, 5) is 35.2. The molecule has 0 atom stereocenters. The number of benzene rings is 1. The van der Waals surface area contributed by atoms with Crippen molar-refractivity contribution in [3.05, 3.63) is 42.1 Å². The Morgan fingerprint density at radius 2 is 2.08 bits per heavy atom. The molecule has 1 aromatic heterocycles. The van der Waals surface area contributed by atoms with Crippen molar-refractivity contribution in [3.63, 3.8) is 0 Å². The number of aromatic nitrogens is 1. The van der Waals surface area contributed by atoms with E-state index in [1.54, 1.807) is 29.7 Å². The molecule has 0 radical (unpaired) electrons. The smallest absolute Gasteiger partial charge is 0.289 e. The van der Waals surface area contributed by atoms with Crippen molar-refractivity contribution in [2.24, 2.45) is 5.73 Å². The minimum Gasteiger partial charge on any atom is -0.493 e. The number of primary amides is 1. The van der Waals surface area contributed by atoms with Crippen LogP contribution in [0.15, 0.2) is 30.9 Å². The molecule has 2 aromatic rings. The summed E-state index contributed by atoms with van der Waals surface area (Å²) in [6.45, 7) is 7.43. The molecule has 0 aliphatic rings. The number of carbonyl (C=O) groups excluding carboxylic acids is 3. The van der Waals surface area contributed by atoms with Crippen LogP contribution in [-0.2, 0) is 16.3 Å². The van der Waals surface area contributed by atoms with Gasteiger partial charge in [-0.05, 0) is 32.1 Å². The first kappa shape index (κ1) is 17.3. The molecule has 2 amide bonds. The molecule has 0 unspecified atom stereocenters. The van der Waals surface area contributed by atoms with Gasteiger partial charge in [0.2, 0.25) is 5.91 Å². The van der Waals surface area contributed by atoms with Gasteiger partial charge < -0.3 is 20.4 Å². The first-order valence-corrected chi connectivity index (χ1v) is 7.41. The molecular weight excluding hydrogens is 310 g/mol. The van der Waals surface area contributed by atoms with E-state index in [9.17, 15) is 14.4 Å². The molecule has 7 nitrogen and oxygen atoms in total. The van der Waals surface area contributed by atoms with Crippen molar-refractivity contribution in [2.75, 3.05) is 6.61 Å². The lowest BCUT2D eigenvalue weighted by molar-refractivity contribution is -0.117. The number of amides is 2. The van der Waals surface area contributed by atoms with Crippen molar-refractivity contribution in [1.29, 1.82) is 0 Å². The fraction of sp³-hybridized carbons (Fsp3) is 0.235. The van der Waals surface area contributed by atoms with Crippen LogP contribution in [0.5, 0.6) is 5.75 Å². The van der Waals surface area contributed by atoms with Crippen LogP contribution in [0.4, 0.5) is 0 Å². The van der Waals surface area contributed by atoms with Gasteiger partial charge in [0.05, 0.1) is 29.7 Å². The number of ketones is 1. The van der Waals surface area contributed by atoms with E-state index >= 15 is 0 Å². The predicted molar refractivity (Wildman–Crippen MR) is 89.7 cm³/mol. The fourth-order valence-electron chi connectivity index (χ4n) is 2.60. The predicted octanol–water partition coefficient (Wildman–Crippen LogP) is 1.28. The second kappa shape index (κ2) is 6.99. The number of nitrogens with one attached hydrogen (secondary N) is 1. The molecule has 1 aromatic carbocycles. The number of nitrogens with zero attached hydrogens (tertiary/aromatic N) is 1. The van der Waals surface area contributed by atoms with E-state index in [4.69, 9.17) is 10.5 Å². The summed E-state index contributed by atoms with van der Waals surface area (Å²) >= 11 is 0. The first-order chi connectivity index (χ1) is 11.4. The van der Waals surface area contributed by atoms with E-state index in [1.165, 1.54) is 0 Å². The first-order valence-electron chi connectivity index (χ1n) is 7.41. The van der Waals surface area contributed by atoms with Gasteiger partial charge in [0.25, 0.3) is 11.7 Å². The molecule has 2 rings (SSSR count). The number of carbonyl (C=O) groups is 3. The van der Waals surface area contributed by atoms with Gasteiger partial charge in [0, 0.05) is 5.69 Å². The number of hydrogen-bond donors (Lipinski definition) is 2. The Hall–Kier alpha value is -3.09. The zero-order chi connectivity index (χ0) is 17.9. The molecule has 7 heteroatoms. The normalized spacial score (nSPS) is 10.4. The Kier molecular flexibility index (Phi) is 5.03. The number of nitrogens with two attached hydrogens (primary N) is 1. The van der Waals surface area contributed by atoms with E-state index in [0.717, 1.165) is 6.08 Å². The number of Topliss-reactive ketones (excluding diaryl/α,β-unsaturated/α-hetero) is 1. The van der Waals surface area contributed by atoms with Gasteiger partial charge >= 0.3 is 0 Å². The molecule has 3 N–H and O–H groups in total. The van der Waals surface area contributed by atoms with Crippen molar-refractivity contribution < 1.29 is 19.1 Å². The highest BCUT2D eigenvalue weighted by Gasteiger charge is 2.25. The number of rotatable bonds is 7. The van der Waals surface area contributed by atoms with E-state index in [2.05, 4.69) is 11.9 Å². The summed E-state index contributed by atoms with van der Waals surface area (Å²) in [6, 6.07) is 5.27. The molecule has 24 heavy (non-hydrogen) atoms. The zero-order valence-electron chi connectivity index (χ0n) is 13.6. The Labute approximate surface area is 139 Å². The third-order valence-corrected chi connectivity index (χ3v) is 3.66. The average molecular weight is 329 g/mol. The summed E-state index contributed by atoms with van der Waals surface area (Å²) in [5, 5.41) is 3.16. The van der Waals surface area contributed by atoms with Crippen LogP contribution in [0.1, 0.15) is 23.0 Å². The molecule has 126 valence electrons. The largest absolute Gasteiger partial charge is 0.493 e. The quantitative estimate of drug-likeness (QED) is 0.453. The summed E-state index contributed by atoms with van der Waals surface area (Å²) < 4.78 is 7.30. The van der Waals surface area contributed by atoms with E-state index in [1.807, 2.05) is 6.92 Å². The molecular formula is C17H19N3O4. The molecule has 1 heterocycles. The molecule has 0 bridgehead atoms. The molecule has 0 spiro atoms. The van der Waals surface area contributed by atoms with Gasteiger partial charge in [-0.3, -0.25) is 14.4 Å². The minimum atomic E-state index is -1.04. The van der Waals surface area contributed by atoms with Gasteiger partial charge in [-0.25, -0.2) is 0 Å². The maximum Gasteiger partial charge on any atom is 0.289 e. The van der Waals surface area contributed by atoms with E-state index < -0.39 is 11.7 Å². The van der Waals surface area contributed by atoms with Crippen LogP contribution in [0, 0.1) is 6.92 Å². The summed E-state index contributed by atoms with van der Waals surface area (Å²) in [5.74, 6) is -1.70. The monoisotopic (exact) mass is 329 g/mol. The highest BCUT2D eigenvalue weighted by Crippen LogP contribution is 2.33. The fourth-order valence-corrected chi connectivity index (χ4v) is 2.60. The molecule has 0 saturated heterocycles. The average Bonchev–Trinajstić information content (AvgIpc) is 2.84. The van der Waals surface area contributed by atoms with Crippen LogP contribution in [0.3, 0.4) is 0 Å². The number of fused-ring (bicyclic) bond motifs is 1. The lowest BCUT2D eigenvalue weighted by Gasteiger charge is -2.09. The van der Waals surface area contributed by atoms with Crippen LogP contribution in [0.25, 0.3) is 10.9 Å². The minimum absolute atomic E-state index is 0.120. The Balaban J connectivity index is 2.70. The standard InChI is InChI=1S/C17H19N3O4/c1-4-13(21)19-9-20-10(3)14(16(22)17(18)23)15-11(20)7-6-8-12(15)24-5-2/h4,6-8H,1,5,9H2,2-3H3,(H2,18,23)(H,19,21).